The number of β-amino-alcohol motifs (C(OH)–C–C–N with tert-alkyl or cyclic N) is 1. The number of hydrogen-bond acceptors (Lipinski definition) is 4. The topological polar surface area (TPSA) is 68.7 Å². The van der Waals surface area contributed by atoms with Gasteiger partial charge in [-0.3, -0.25) is 9.88 Å². The number of nitrogens with zero attached hydrogens (tertiary/aromatic N) is 3. The van der Waals surface area contributed by atoms with E-state index in [1.165, 1.54) is 0 Å². The molecule has 0 atom stereocenters. The minimum Gasteiger partial charge on any atom is -0.395 e. The summed E-state index contributed by atoms with van der Waals surface area (Å²) in [5.41, 5.74) is 2.49. The molecule has 0 radical (unpaired) electrons. The lowest BCUT2D eigenvalue weighted by atomic mass is 10.2. The van der Waals surface area contributed by atoms with Crippen molar-refractivity contribution in [2.75, 3.05) is 44.6 Å². The maximum Gasteiger partial charge on any atom is 0.321 e. The van der Waals surface area contributed by atoms with Crippen LogP contribution in [0.2, 0.25) is 0 Å². The smallest absolute Gasteiger partial charge is 0.321 e. The summed E-state index contributed by atoms with van der Waals surface area (Å²) in [6, 6.07) is 9.69. The zero-order chi connectivity index (χ0) is 16.2. The summed E-state index contributed by atoms with van der Waals surface area (Å²) in [6.07, 6.45) is 0. The molecule has 0 bridgehead atoms. The molecule has 6 heteroatoms. The Morgan fingerprint density at radius 1 is 1.22 bits per heavy atom. The SMILES string of the molecule is Cc1ccc2cccc(NC(=O)N3CCN(CCO)CC3)c2n1. The Morgan fingerprint density at radius 3 is 2.74 bits per heavy atom. The third-order valence-electron chi connectivity index (χ3n) is 4.18. The van der Waals surface area contributed by atoms with Gasteiger partial charge in [0.1, 0.15) is 0 Å². The maximum atomic E-state index is 12.5. The van der Waals surface area contributed by atoms with Gasteiger partial charge in [-0.15, -0.1) is 0 Å². The molecule has 2 aromatic rings. The fraction of sp³-hybridized carbons (Fsp3) is 0.412. The summed E-state index contributed by atoms with van der Waals surface area (Å²) < 4.78 is 0. The molecule has 6 nitrogen and oxygen atoms in total. The Hall–Kier alpha value is -2.18. The van der Waals surface area contributed by atoms with Gasteiger partial charge in [-0.1, -0.05) is 18.2 Å². The number of pyridine rings is 1. The second-order valence-corrected chi connectivity index (χ2v) is 5.81. The molecule has 1 aliphatic heterocycles. The van der Waals surface area contributed by atoms with E-state index >= 15 is 0 Å². The number of aliphatic hydroxyl groups excluding tert-OH is 1. The van der Waals surface area contributed by atoms with Gasteiger partial charge in [-0.2, -0.15) is 0 Å². The summed E-state index contributed by atoms with van der Waals surface area (Å²) >= 11 is 0. The molecule has 0 aliphatic carbocycles. The molecule has 2 N–H and O–H groups in total. The van der Waals surface area contributed by atoms with Crippen molar-refractivity contribution < 1.29 is 9.90 Å². The van der Waals surface area contributed by atoms with Crippen molar-refractivity contribution in [3.05, 3.63) is 36.0 Å². The number of hydrogen-bond donors (Lipinski definition) is 2. The quantitative estimate of drug-likeness (QED) is 0.904. The molecule has 1 saturated heterocycles. The molecule has 3 rings (SSSR count). The fourth-order valence-electron chi connectivity index (χ4n) is 2.86. The Morgan fingerprint density at radius 2 is 2.00 bits per heavy atom. The number of anilines is 1. The van der Waals surface area contributed by atoms with Crippen molar-refractivity contribution >= 4 is 22.6 Å². The average Bonchev–Trinajstić information content (AvgIpc) is 2.56. The number of amides is 2. The van der Waals surface area contributed by atoms with Crippen LogP contribution < -0.4 is 5.32 Å². The van der Waals surface area contributed by atoms with Gasteiger partial charge < -0.3 is 15.3 Å². The van der Waals surface area contributed by atoms with Crippen LogP contribution in [0, 0.1) is 6.92 Å². The zero-order valence-corrected chi connectivity index (χ0v) is 13.3. The van der Waals surface area contributed by atoms with Crippen molar-refractivity contribution in [1.29, 1.82) is 0 Å². The second kappa shape index (κ2) is 6.93. The van der Waals surface area contributed by atoms with E-state index < -0.39 is 0 Å². The lowest BCUT2D eigenvalue weighted by Crippen LogP contribution is -2.50. The number of rotatable bonds is 3. The average molecular weight is 314 g/mol. The fourth-order valence-corrected chi connectivity index (χ4v) is 2.86. The number of nitrogens with one attached hydrogen (secondary N) is 1. The van der Waals surface area contributed by atoms with Crippen LogP contribution in [0.5, 0.6) is 0 Å². The first-order valence-corrected chi connectivity index (χ1v) is 7.93. The van der Waals surface area contributed by atoms with Gasteiger partial charge in [0.15, 0.2) is 0 Å². The first-order chi connectivity index (χ1) is 11.2. The van der Waals surface area contributed by atoms with E-state index in [9.17, 15) is 4.79 Å². The number of carbonyl (C=O) groups is 1. The number of aromatic nitrogens is 1. The van der Waals surface area contributed by atoms with Crippen molar-refractivity contribution in [1.82, 2.24) is 14.8 Å². The van der Waals surface area contributed by atoms with E-state index in [0.29, 0.717) is 19.6 Å². The zero-order valence-electron chi connectivity index (χ0n) is 13.3. The number of aliphatic hydroxyl groups is 1. The molecule has 1 aromatic heterocycles. The third kappa shape index (κ3) is 3.60. The van der Waals surface area contributed by atoms with Crippen LogP contribution in [-0.2, 0) is 0 Å². The predicted molar refractivity (Wildman–Crippen MR) is 90.6 cm³/mol. The number of fused-ring (bicyclic) bond motifs is 1. The molecule has 122 valence electrons. The Kier molecular flexibility index (Phi) is 4.73. The van der Waals surface area contributed by atoms with Crippen molar-refractivity contribution in [3.63, 3.8) is 0 Å². The molecule has 2 heterocycles. The molecule has 1 fully saturated rings. The number of aryl methyl sites for hydroxylation is 1. The number of para-hydroxylation sites is 1. The van der Waals surface area contributed by atoms with Crippen molar-refractivity contribution in [2.24, 2.45) is 0 Å². The Labute approximate surface area is 135 Å². The van der Waals surface area contributed by atoms with Crippen LogP contribution in [0.3, 0.4) is 0 Å². The molecular weight excluding hydrogens is 292 g/mol. The summed E-state index contributed by atoms with van der Waals surface area (Å²) in [6.45, 7) is 5.70. The number of benzene rings is 1. The van der Waals surface area contributed by atoms with Gasteiger partial charge in [-0.25, -0.2) is 4.79 Å². The molecule has 1 aliphatic rings. The lowest BCUT2D eigenvalue weighted by molar-refractivity contribution is 0.127. The first-order valence-electron chi connectivity index (χ1n) is 7.93. The summed E-state index contributed by atoms with van der Waals surface area (Å²) in [5.74, 6) is 0. The van der Waals surface area contributed by atoms with Crippen LogP contribution >= 0.6 is 0 Å². The number of piperazine rings is 1. The molecule has 1 aromatic carbocycles. The molecular formula is C17H22N4O2. The molecule has 2 amide bonds. The predicted octanol–water partition coefficient (Wildman–Crippen LogP) is 1.69. The highest BCUT2D eigenvalue weighted by atomic mass is 16.3. The summed E-state index contributed by atoms with van der Waals surface area (Å²) in [7, 11) is 0. The number of urea groups is 1. The lowest BCUT2D eigenvalue weighted by Gasteiger charge is -2.34. The van der Waals surface area contributed by atoms with Gasteiger partial charge in [0, 0.05) is 43.8 Å². The van der Waals surface area contributed by atoms with Gasteiger partial charge in [0.2, 0.25) is 0 Å². The highest BCUT2D eigenvalue weighted by Gasteiger charge is 2.21. The van der Waals surface area contributed by atoms with Crippen LogP contribution in [0.4, 0.5) is 10.5 Å². The van der Waals surface area contributed by atoms with E-state index in [0.717, 1.165) is 35.4 Å². The van der Waals surface area contributed by atoms with Gasteiger partial charge in [0.05, 0.1) is 17.8 Å². The summed E-state index contributed by atoms with van der Waals surface area (Å²) in [5, 5.41) is 13.0. The first kappa shape index (κ1) is 15.7. The third-order valence-corrected chi connectivity index (χ3v) is 4.18. The van der Waals surface area contributed by atoms with Crippen molar-refractivity contribution in [2.45, 2.75) is 6.92 Å². The Bertz CT molecular complexity index is 696. The number of carbonyl (C=O) groups excluding carboxylic acids is 1. The molecule has 0 spiro atoms. The maximum absolute atomic E-state index is 12.5. The van der Waals surface area contributed by atoms with E-state index in [1.54, 1.807) is 0 Å². The van der Waals surface area contributed by atoms with Crippen LogP contribution in [0.1, 0.15) is 5.69 Å². The normalized spacial score (nSPS) is 15.8. The monoisotopic (exact) mass is 314 g/mol. The van der Waals surface area contributed by atoms with Crippen molar-refractivity contribution in [3.8, 4) is 0 Å². The van der Waals surface area contributed by atoms with Crippen LogP contribution in [0.15, 0.2) is 30.3 Å². The summed E-state index contributed by atoms with van der Waals surface area (Å²) in [4.78, 5) is 21.0. The van der Waals surface area contributed by atoms with Gasteiger partial charge in [-0.05, 0) is 19.1 Å². The van der Waals surface area contributed by atoms with Gasteiger partial charge >= 0.3 is 6.03 Å². The molecule has 0 unspecified atom stereocenters. The minimum atomic E-state index is -0.0931. The molecule has 23 heavy (non-hydrogen) atoms. The molecule has 0 saturated carbocycles. The van der Waals surface area contributed by atoms with Crippen LogP contribution in [-0.4, -0.2) is 65.3 Å². The largest absolute Gasteiger partial charge is 0.395 e. The minimum absolute atomic E-state index is 0.0931. The van der Waals surface area contributed by atoms with Crippen LogP contribution in [0.25, 0.3) is 10.9 Å². The Balaban J connectivity index is 1.70. The van der Waals surface area contributed by atoms with E-state index in [1.807, 2.05) is 42.2 Å². The highest BCUT2D eigenvalue weighted by molar-refractivity contribution is 5.99. The standard InChI is InChI=1S/C17H22N4O2/c1-13-5-6-14-3-2-4-15(16(14)18-13)19-17(23)21-9-7-20(8-10-21)11-12-22/h2-6,22H,7-12H2,1H3,(H,19,23). The second-order valence-electron chi connectivity index (χ2n) is 5.81. The van der Waals surface area contributed by atoms with Gasteiger partial charge in [0.25, 0.3) is 0 Å². The van der Waals surface area contributed by atoms with E-state index in [4.69, 9.17) is 5.11 Å². The van der Waals surface area contributed by atoms with E-state index in [-0.39, 0.29) is 12.6 Å². The highest BCUT2D eigenvalue weighted by Crippen LogP contribution is 2.22. The van der Waals surface area contributed by atoms with E-state index in [2.05, 4.69) is 15.2 Å².